The second-order valence-corrected chi connectivity index (χ2v) is 9.63. The fraction of sp³-hybridized carbons (Fsp3) is 0.517. The molecular formula is C29H40N2O3. The number of carbonyl (C=O) groups excluding carboxylic acids is 2. The van der Waals surface area contributed by atoms with Crippen molar-refractivity contribution in [3.8, 4) is 5.75 Å². The quantitative estimate of drug-likeness (QED) is 0.580. The third kappa shape index (κ3) is 7.34. The molecule has 0 unspecified atom stereocenters. The van der Waals surface area contributed by atoms with E-state index in [1.54, 1.807) is 0 Å². The number of ether oxygens (including phenoxy) is 1. The maximum Gasteiger partial charge on any atom is 0.257 e. The van der Waals surface area contributed by atoms with Crippen LogP contribution < -0.4 is 4.74 Å². The first kappa shape index (κ1) is 25.8. The van der Waals surface area contributed by atoms with E-state index in [0.29, 0.717) is 36.8 Å². The maximum absolute atomic E-state index is 13.3. The number of hydrogen-bond acceptors (Lipinski definition) is 3. The summed E-state index contributed by atoms with van der Waals surface area (Å²) in [5, 5.41) is 0. The Balaban J connectivity index is 1.93. The Morgan fingerprint density at radius 1 is 0.971 bits per heavy atom. The standard InChI is InChI=1S/C29H40N2O3/c1-4-30-18-12-5-6-13-19-31(28(32)20-23(2)3)25(21-24-14-8-7-9-15-24)22-34-27-17-11-10-16-26(27)29(30)33/h7-11,14-17,23,25H,4-6,12-13,18-22H2,1-3H3/t25-/m1/s1. The molecule has 5 nitrogen and oxygen atoms in total. The minimum Gasteiger partial charge on any atom is -0.491 e. The fourth-order valence-electron chi connectivity index (χ4n) is 4.59. The monoisotopic (exact) mass is 464 g/mol. The van der Waals surface area contributed by atoms with E-state index >= 15 is 0 Å². The number of fused-ring (bicyclic) bond motifs is 1. The maximum atomic E-state index is 13.3. The van der Waals surface area contributed by atoms with Gasteiger partial charge >= 0.3 is 0 Å². The molecule has 0 saturated heterocycles. The number of hydrogen-bond donors (Lipinski definition) is 0. The van der Waals surface area contributed by atoms with E-state index in [-0.39, 0.29) is 17.9 Å². The molecule has 0 N–H and O–H groups in total. The molecule has 5 heteroatoms. The van der Waals surface area contributed by atoms with Crippen LogP contribution in [0.25, 0.3) is 0 Å². The molecule has 1 aliphatic heterocycles. The van der Waals surface area contributed by atoms with Crippen molar-refractivity contribution in [2.75, 3.05) is 26.2 Å². The molecule has 0 aromatic heterocycles. The van der Waals surface area contributed by atoms with Gasteiger partial charge in [-0.3, -0.25) is 9.59 Å². The minimum absolute atomic E-state index is 0.0162. The molecule has 2 aromatic carbocycles. The van der Waals surface area contributed by atoms with Gasteiger partial charge in [0.25, 0.3) is 5.91 Å². The fourth-order valence-corrected chi connectivity index (χ4v) is 4.59. The van der Waals surface area contributed by atoms with Crippen LogP contribution in [0.2, 0.25) is 0 Å². The van der Waals surface area contributed by atoms with Gasteiger partial charge in [-0.1, -0.05) is 69.2 Å². The summed E-state index contributed by atoms with van der Waals surface area (Å²) >= 11 is 0. The highest BCUT2D eigenvalue weighted by atomic mass is 16.5. The molecule has 1 atom stereocenters. The molecule has 0 aliphatic carbocycles. The van der Waals surface area contributed by atoms with Crippen LogP contribution in [0.5, 0.6) is 5.75 Å². The Morgan fingerprint density at radius 2 is 1.65 bits per heavy atom. The average Bonchev–Trinajstić information content (AvgIpc) is 2.83. The second-order valence-electron chi connectivity index (χ2n) is 9.63. The zero-order chi connectivity index (χ0) is 24.3. The van der Waals surface area contributed by atoms with Crippen LogP contribution in [0, 0.1) is 5.92 Å². The van der Waals surface area contributed by atoms with Gasteiger partial charge in [0.05, 0.1) is 11.6 Å². The predicted octanol–water partition coefficient (Wildman–Crippen LogP) is 5.59. The largest absolute Gasteiger partial charge is 0.491 e. The van der Waals surface area contributed by atoms with E-state index in [0.717, 1.165) is 45.2 Å². The zero-order valence-corrected chi connectivity index (χ0v) is 21.0. The van der Waals surface area contributed by atoms with Crippen molar-refractivity contribution in [3.63, 3.8) is 0 Å². The Kier molecular flexibility index (Phi) is 9.99. The lowest BCUT2D eigenvalue weighted by Crippen LogP contribution is -2.46. The van der Waals surface area contributed by atoms with E-state index in [4.69, 9.17) is 4.74 Å². The van der Waals surface area contributed by atoms with Crippen molar-refractivity contribution in [1.82, 2.24) is 9.80 Å². The van der Waals surface area contributed by atoms with E-state index in [2.05, 4.69) is 26.0 Å². The lowest BCUT2D eigenvalue weighted by molar-refractivity contribution is -0.135. The summed E-state index contributed by atoms with van der Waals surface area (Å²) in [6.07, 6.45) is 5.29. The van der Waals surface area contributed by atoms with Gasteiger partial charge in [-0.25, -0.2) is 0 Å². The molecule has 0 radical (unpaired) electrons. The van der Waals surface area contributed by atoms with Crippen molar-refractivity contribution < 1.29 is 14.3 Å². The molecule has 2 amide bonds. The van der Waals surface area contributed by atoms with E-state index in [1.807, 2.05) is 59.2 Å². The molecule has 0 fully saturated rings. The van der Waals surface area contributed by atoms with E-state index in [9.17, 15) is 9.59 Å². The van der Waals surface area contributed by atoms with Crippen LogP contribution in [0.1, 0.15) is 68.8 Å². The molecule has 34 heavy (non-hydrogen) atoms. The van der Waals surface area contributed by atoms with Crippen LogP contribution in [0.4, 0.5) is 0 Å². The van der Waals surface area contributed by atoms with Crippen molar-refractivity contribution in [1.29, 1.82) is 0 Å². The number of rotatable bonds is 5. The molecule has 1 aliphatic rings. The molecule has 1 heterocycles. The van der Waals surface area contributed by atoms with E-state index in [1.165, 1.54) is 5.56 Å². The molecule has 3 rings (SSSR count). The predicted molar refractivity (Wildman–Crippen MR) is 137 cm³/mol. The first-order chi connectivity index (χ1) is 16.5. The number of benzene rings is 2. The summed E-state index contributed by atoms with van der Waals surface area (Å²) in [7, 11) is 0. The number of amides is 2. The van der Waals surface area contributed by atoms with Gasteiger partial charge < -0.3 is 14.5 Å². The topological polar surface area (TPSA) is 49.9 Å². The highest BCUT2D eigenvalue weighted by molar-refractivity contribution is 5.96. The third-order valence-electron chi connectivity index (χ3n) is 6.45. The Labute approximate surface area is 205 Å². The summed E-state index contributed by atoms with van der Waals surface area (Å²) in [6.45, 7) is 8.73. The highest BCUT2D eigenvalue weighted by Gasteiger charge is 2.26. The Hall–Kier alpha value is -2.82. The summed E-state index contributed by atoms with van der Waals surface area (Å²) in [6, 6.07) is 17.7. The van der Waals surface area contributed by atoms with Crippen molar-refractivity contribution in [3.05, 3.63) is 65.7 Å². The van der Waals surface area contributed by atoms with Gasteiger partial charge in [0.2, 0.25) is 5.91 Å². The average molecular weight is 465 g/mol. The third-order valence-corrected chi connectivity index (χ3v) is 6.45. The normalized spacial score (nSPS) is 18.2. The SMILES string of the molecule is CCN1CCCCCCN(C(=O)CC(C)C)[C@H](Cc2ccccc2)COc2ccccc2C1=O. The number of carbonyl (C=O) groups is 2. The molecule has 0 saturated carbocycles. The van der Waals surface area contributed by atoms with Crippen molar-refractivity contribution in [2.24, 2.45) is 5.92 Å². The molecular weight excluding hydrogens is 424 g/mol. The first-order valence-corrected chi connectivity index (χ1v) is 12.8. The van der Waals surface area contributed by atoms with Crippen LogP contribution in [0.3, 0.4) is 0 Å². The number of nitrogens with zero attached hydrogens (tertiary/aromatic N) is 2. The number of para-hydroxylation sites is 1. The lowest BCUT2D eigenvalue weighted by Gasteiger charge is -2.33. The first-order valence-electron chi connectivity index (χ1n) is 12.8. The zero-order valence-electron chi connectivity index (χ0n) is 21.0. The summed E-state index contributed by atoms with van der Waals surface area (Å²) in [5.74, 6) is 1.10. The molecule has 2 aromatic rings. The van der Waals surface area contributed by atoms with Crippen LogP contribution in [-0.4, -0.2) is 53.9 Å². The smallest absolute Gasteiger partial charge is 0.257 e. The molecule has 0 bridgehead atoms. The minimum atomic E-state index is -0.0953. The van der Waals surface area contributed by atoms with Gasteiger partial charge in [-0.05, 0) is 49.8 Å². The summed E-state index contributed by atoms with van der Waals surface area (Å²) in [5.41, 5.74) is 1.78. The van der Waals surface area contributed by atoms with Crippen LogP contribution in [0.15, 0.2) is 54.6 Å². The van der Waals surface area contributed by atoms with Gasteiger partial charge in [0, 0.05) is 26.1 Å². The highest BCUT2D eigenvalue weighted by Crippen LogP contribution is 2.23. The van der Waals surface area contributed by atoms with Gasteiger partial charge in [0.1, 0.15) is 12.4 Å². The molecule has 0 spiro atoms. The van der Waals surface area contributed by atoms with Crippen molar-refractivity contribution >= 4 is 11.8 Å². The Morgan fingerprint density at radius 3 is 2.35 bits per heavy atom. The van der Waals surface area contributed by atoms with Gasteiger partial charge in [-0.2, -0.15) is 0 Å². The Bertz CT molecular complexity index is 913. The van der Waals surface area contributed by atoms with Crippen molar-refractivity contribution in [2.45, 2.75) is 65.3 Å². The lowest BCUT2D eigenvalue weighted by atomic mass is 10.0. The van der Waals surface area contributed by atoms with Crippen LogP contribution >= 0.6 is 0 Å². The van der Waals surface area contributed by atoms with Crippen LogP contribution in [-0.2, 0) is 11.2 Å². The second kappa shape index (κ2) is 13.2. The van der Waals surface area contributed by atoms with Gasteiger partial charge in [0.15, 0.2) is 0 Å². The van der Waals surface area contributed by atoms with E-state index < -0.39 is 0 Å². The molecule has 184 valence electrons. The summed E-state index contributed by atoms with van der Waals surface area (Å²) in [4.78, 5) is 30.6. The van der Waals surface area contributed by atoms with Gasteiger partial charge in [-0.15, -0.1) is 0 Å². The summed E-state index contributed by atoms with van der Waals surface area (Å²) < 4.78 is 6.32.